The van der Waals surface area contributed by atoms with Gasteiger partial charge in [0, 0.05) is 0 Å². The van der Waals surface area contributed by atoms with Crippen LogP contribution in [0.2, 0.25) is 0 Å². The Morgan fingerprint density at radius 3 is 2.54 bits per heavy atom. The molecule has 3 nitrogen and oxygen atoms in total. The molecule has 0 fully saturated rings. The quantitative estimate of drug-likeness (QED) is 0.741. The van der Waals surface area contributed by atoms with Crippen LogP contribution in [-0.4, -0.2) is 13.1 Å². The van der Waals surface area contributed by atoms with Gasteiger partial charge in [-0.25, -0.2) is 4.39 Å². The van der Waals surface area contributed by atoms with Crippen LogP contribution in [0.1, 0.15) is 34.7 Å². The fraction of sp³-hybridized carbons (Fsp3) is 0.350. The Balaban J connectivity index is 2.23. The number of hydrogen-bond donors (Lipinski definition) is 0. The Morgan fingerprint density at radius 2 is 1.88 bits per heavy atom. The molecule has 0 aliphatic rings. The minimum atomic E-state index is -0.361. The largest absolute Gasteiger partial charge is 0.486 e. The number of carbonyl (C=O) groups excluding carboxylic acids is 1. The highest BCUT2D eigenvalue weighted by Gasteiger charge is 2.13. The van der Waals surface area contributed by atoms with Crippen molar-refractivity contribution in [3.8, 4) is 5.75 Å². The molecular weight excluding hydrogens is 307 g/mol. The topological polar surface area (TPSA) is 35.5 Å². The minimum Gasteiger partial charge on any atom is -0.486 e. The molecule has 24 heavy (non-hydrogen) atoms. The predicted molar refractivity (Wildman–Crippen MR) is 91.7 cm³/mol. The normalized spacial score (nSPS) is 10.5. The Bertz CT molecular complexity index is 738. The van der Waals surface area contributed by atoms with Crippen LogP contribution < -0.4 is 4.74 Å². The van der Waals surface area contributed by atoms with Gasteiger partial charge in [0.05, 0.1) is 13.5 Å². The van der Waals surface area contributed by atoms with Gasteiger partial charge in [0.1, 0.15) is 6.61 Å². The van der Waals surface area contributed by atoms with Crippen LogP contribution in [0.3, 0.4) is 0 Å². The van der Waals surface area contributed by atoms with Crippen LogP contribution >= 0.6 is 0 Å². The van der Waals surface area contributed by atoms with Crippen molar-refractivity contribution < 1.29 is 18.7 Å². The molecule has 0 atom stereocenters. The summed E-state index contributed by atoms with van der Waals surface area (Å²) in [6, 6.07) is 8.95. The summed E-state index contributed by atoms with van der Waals surface area (Å²) in [6.07, 6.45) is 0.956. The van der Waals surface area contributed by atoms with E-state index in [4.69, 9.17) is 9.47 Å². The number of methoxy groups -OCH3 is 1. The molecular formula is C20H23FO3. The van der Waals surface area contributed by atoms with Gasteiger partial charge in [-0.05, 0) is 60.2 Å². The second-order valence-electron chi connectivity index (χ2n) is 5.82. The summed E-state index contributed by atoms with van der Waals surface area (Å²) in [4.78, 5) is 11.6. The molecule has 2 aromatic carbocycles. The Morgan fingerprint density at radius 1 is 1.12 bits per heavy atom. The van der Waals surface area contributed by atoms with E-state index < -0.39 is 0 Å². The van der Waals surface area contributed by atoms with E-state index in [-0.39, 0.29) is 30.6 Å². The van der Waals surface area contributed by atoms with Crippen LogP contribution in [0, 0.1) is 19.7 Å². The average Bonchev–Trinajstić information content (AvgIpc) is 2.56. The summed E-state index contributed by atoms with van der Waals surface area (Å²) in [5.41, 5.74) is 4.71. The third kappa shape index (κ3) is 4.13. The van der Waals surface area contributed by atoms with Crippen LogP contribution in [0.4, 0.5) is 4.39 Å². The lowest BCUT2D eigenvalue weighted by Crippen LogP contribution is -2.10. The highest BCUT2D eigenvalue weighted by atomic mass is 19.1. The number of rotatable bonds is 6. The summed E-state index contributed by atoms with van der Waals surface area (Å²) in [5.74, 6) is -0.436. The summed E-state index contributed by atoms with van der Waals surface area (Å²) >= 11 is 0. The van der Waals surface area contributed by atoms with E-state index in [2.05, 4.69) is 0 Å². The second-order valence-corrected chi connectivity index (χ2v) is 5.82. The van der Waals surface area contributed by atoms with Crippen molar-refractivity contribution in [2.75, 3.05) is 7.11 Å². The smallest absolute Gasteiger partial charge is 0.309 e. The molecule has 0 heterocycles. The first-order chi connectivity index (χ1) is 11.5. The molecule has 0 aliphatic carbocycles. The van der Waals surface area contributed by atoms with Crippen molar-refractivity contribution in [3.63, 3.8) is 0 Å². The van der Waals surface area contributed by atoms with Crippen molar-refractivity contribution in [1.82, 2.24) is 0 Å². The van der Waals surface area contributed by atoms with Crippen LogP contribution in [0.15, 0.2) is 30.3 Å². The van der Waals surface area contributed by atoms with E-state index in [1.54, 1.807) is 6.07 Å². The van der Waals surface area contributed by atoms with E-state index in [0.29, 0.717) is 0 Å². The first kappa shape index (κ1) is 18.0. The zero-order chi connectivity index (χ0) is 17.7. The van der Waals surface area contributed by atoms with Crippen LogP contribution in [0.25, 0.3) is 0 Å². The number of carbonyl (C=O) groups is 1. The first-order valence-electron chi connectivity index (χ1n) is 8.02. The molecule has 0 aliphatic heterocycles. The highest BCUT2D eigenvalue weighted by Crippen LogP contribution is 2.25. The maximum absolute atomic E-state index is 14.2. The molecule has 2 aromatic rings. The van der Waals surface area contributed by atoms with Gasteiger partial charge in [-0.15, -0.1) is 0 Å². The summed E-state index contributed by atoms with van der Waals surface area (Å²) in [6.45, 7) is 6.10. The lowest BCUT2D eigenvalue weighted by molar-refractivity contribution is -0.139. The Kier molecular flexibility index (Phi) is 5.96. The van der Waals surface area contributed by atoms with Gasteiger partial charge < -0.3 is 9.47 Å². The van der Waals surface area contributed by atoms with E-state index in [1.165, 1.54) is 13.2 Å². The summed E-state index contributed by atoms with van der Waals surface area (Å²) in [5, 5.41) is 0. The zero-order valence-corrected chi connectivity index (χ0v) is 14.6. The van der Waals surface area contributed by atoms with Crippen molar-refractivity contribution in [3.05, 3.63) is 64.0 Å². The molecule has 0 saturated heterocycles. The van der Waals surface area contributed by atoms with E-state index in [9.17, 15) is 9.18 Å². The average molecular weight is 330 g/mol. The summed E-state index contributed by atoms with van der Waals surface area (Å²) in [7, 11) is 1.36. The van der Waals surface area contributed by atoms with Crippen LogP contribution in [-0.2, 0) is 29.0 Å². The number of halogens is 1. The Hall–Kier alpha value is -2.36. The molecule has 0 N–H and O–H groups in total. The zero-order valence-electron chi connectivity index (χ0n) is 14.6. The molecule has 0 radical (unpaired) electrons. The van der Waals surface area contributed by atoms with Gasteiger partial charge in [0.2, 0.25) is 0 Å². The molecule has 0 bridgehead atoms. The number of esters is 1. The van der Waals surface area contributed by atoms with E-state index in [1.807, 2.05) is 39.0 Å². The monoisotopic (exact) mass is 330 g/mol. The van der Waals surface area contributed by atoms with Crippen molar-refractivity contribution >= 4 is 5.97 Å². The molecule has 0 amide bonds. The molecule has 128 valence electrons. The number of hydrogen-bond acceptors (Lipinski definition) is 3. The van der Waals surface area contributed by atoms with Gasteiger partial charge in [0.25, 0.3) is 0 Å². The van der Waals surface area contributed by atoms with Crippen molar-refractivity contribution in [2.45, 2.75) is 40.2 Å². The Labute approximate surface area is 142 Å². The van der Waals surface area contributed by atoms with Gasteiger partial charge in [0.15, 0.2) is 11.6 Å². The number of aryl methyl sites for hydroxylation is 3. The second kappa shape index (κ2) is 7.95. The maximum atomic E-state index is 14.2. The molecule has 4 heteroatoms. The van der Waals surface area contributed by atoms with Gasteiger partial charge >= 0.3 is 5.97 Å². The third-order valence-corrected chi connectivity index (χ3v) is 4.21. The van der Waals surface area contributed by atoms with Gasteiger partial charge in [-0.1, -0.05) is 25.1 Å². The van der Waals surface area contributed by atoms with Crippen molar-refractivity contribution in [1.29, 1.82) is 0 Å². The van der Waals surface area contributed by atoms with Crippen molar-refractivity contribution in [2.24, 2.45) is 0 Å². The summed E-state index contributed by atoms with van der Waals surface area (Å²) < 4.78 is 24.6. The van der Waals surface area contributed by atoms with Gasteiger partial charge in [-0.3, -0.25) is 4.79 Å². The van der Waals surface area contributed by atoms with E-state index >= 15 is 0 Å². The van der Waals surface area contributed by atoms with Gasteiger partial charge in [-0.2, -0.15) is 0 Å². The fourth-order valence-corrected chi connectivity index (χ4v) is 2.70. The SMILES string of the molecule is CCc1cc(F)c(OCc2c(C)cccc2CC(=O)OC)cc1C. The first-order valence-corrected chi connectivity index (χ1v) is 8.02. The van der Waals surface area contributed by atoms with E-state index in [0.717, 1.165) is 34.2 Å². The predicted octanol–water partition coefficient (Wildman–Crippen LogP) is 4.30. The molecule has 2 rings (SSSR count). The number of benzene rings is 2. The lowest BCUT2D eigenvalue weighted by atomic mass is 10.00. The maximum Gasteiger partial charge on any atom is 0.309 e. The van der Waals surface area contributed by atoms with Crippen LogP contribution in [0.5, 0.6) is 5.75 Å². The standard InChI is InChI=1S/C20H23FO3/c1-5-15-10-18(21)19(9-14(15)3)24-12-17-13(2)7-6-8-16(17)11-20(22)23-4/h6-10H,5,11-12H2,1-4H3. The highest BCUT2D eigenvalue weighted by molar-refractivity contribution is 5.73. The molecule has 0 unspecified atom stereocenters. The molecule has 0 spiro atoms. The minimum absolute atomic E-state index is 0.174. The lowest BCUT2D eigenvalue weighted by Gasteiger charge is -2.15. The number of ether oxygens (including phenoxy) is 2. The molecule has 0 saturated carbocycles. The fourth-order valence-electron chi connectivity index (χ4n) is 2.70. The molecule has 0 aromatic heterocycles. The third-order valence-electron chi connectivity index (χ3n) is 4.21.